The van der Waals surface area contributed by atoms with E-state index in [0.29, 0.717) is 23.6 Å². The van der Waals surface area contributed by atoms with Gasteiger partial charge < -0.3 is 10.2 Å². The van der Waals surface area contributed by atoms with Crippen LogP contribution in [-0.4, -0.2) is 4.98 Å². The Morgan fingerprint density at radius 1 is 1.17 bits per heavy atom. The summed E-state index contributed by atoms with van der Waals surface area (Å²) in [5.41, 5.74) is 7.71. The molecule has 0 aliphatic rings. The van der Waals surface area contributed by atoms with E-state index in [-0.39, 0.29) is 5.82 Å². The molecule has 0 aliphatic carbocycles. The molecule has 4 heteroatoms. The minimum absolute atomic E-state index is 0.310. The second kappa shape index (κ2) is 4.23. The van der Waals surface area contributed by atoms with Gasteiger partial charge in [-0.25, -0.2) is 4.39 Å². The molecular formula is C14H11FN2O. The molecule has 0 saturated heterocycles. The lowest BCUT2D eigenvalue weighted by Gasteiger charge is -1.97. The van der Waals surface area contributed by atoms with Crippen LogP contribution in [0.1, 0.15) is 5.56 Å². The Hall–Kier alpha value is -2.20. The molecule has 2 N–H and O–H groups in total. The van der Waals surface area contributed by atoms with Gasteiger partial charge in [-0.15, -0.1) is 0 Å². The Balaban J connectivity index is 2.07. The van der Waals surface area contributed by atoms with Crippen molar-refractivity contribution in [2.45, 2.75) is 6.54 Å². The van der Waals surface area contributed by atoms with Crippen LogP contribution in [0.5, 0.6) is 0 Å². The normalized spacial score (nSPS) is 11.0. The van der Waals surface area contributed by atoms with Crippen LogP contribution in [0.15, 0.2) is 47.0 Å². The number of hydrogen-bond acceptors (Lipinski definition) is 3. The summed E-state index contributed by atoms with van der Waals surface area (Å²) in [7, 11) is 0. The Morgan fingerprint density at radius 3 is 2.78 bits per heavy atom. The van der Waals surface area contributed by atoms with Crippen molar-refractivity contribution in [3.05, 3.63) is 54.0 Å². The quantitative estimate of drug-likeness (QED) is 0.751. The zero-order valence-electron chi connectivity index (χ0n) is 9.56. The summed E-state index contributed by atoms with van der Waals surface area (Å²) in [6.45, 7) is 0.457. The van der Waals surface area contributed by atoms with Gasteiger partial charge in [-0.05, 0) is 29.8 Å². The predicted molar refractivity (Wildman–Crippen MR) is 67.3 cm³/mol. The van der Waals surface area contributed by atoms with E-state index in [9.17, 15) is 4.39 Å². The number of halogens is 1. The minimum atomic E-state index is -0.310. The highest BCUT2D eigenvalue weighted by Crippen LogP contribution is 2.27. The highest BCUT2D eigenvalue weighted by molar-refractivity contribution is 5.82. The zero-order chi connectivity index (χ0) is 12.5. The van der Waals surface area contributed by atoms with Crippen molar-refractivity contribution in [1.82, 2.24) is 4.98 Å². The largest absolute Gasteiger partial charge is 0.454 e. The monoisotopic (exact) mass is 242 g/mol. The fraction of sp³-hybridized carbons (Fsp3) is 0.0714. The van der Waals surface area contributed by atoms with E-state index < -0.39 is 0 Å². The third-order valence-corrected chi connectivity index (χ3v) is 2.80. The van der Waals surface area contributed by atoms with Crippen molar-refractivity contribution in [2.24, 2.45) is 5.73 Å². The topological polar surface area (TPSA) is 52.0 Å². The van der Waals surface area contributed by atoms with Crippen LogP contribution in [0.3, 0.4) is 0 Å². The SMILES string of the molecule is NCc1ccc(-c2cc3ccc(F)cc3o2)nc1. The third kappa shape index (κ3) is 1.87. The molecule has 90 valence electrons. The Bertz CT molecular complexity index is 689. The number of furan rings is 1. The van der Waals surface area contributed by atoms with Crippen molar-refractivity contribution in [1.29, 1.82) is 0 Å². The maximum Gasteiger partial charge on any atom is 0.153 e. The molecule has 0 atom stereocenters. The molecule has 1 aromatic carbocycles. The first-order chi connectivity index (χ1) is 8.76. The lowest BCUT2D eigenvalue weighted by atomic mass is 10.2. The molecule has 2 heterocycles. The van der Waals surface area contributed by atoms with Crippen LogP contribution >= 0.6 is 0 Å². The molecule has 18 heavy (non-hydrogen) atoms. The van der Waals surface area contributed by atoms with E-state index in [1.807, 2.05) is 18.2 Å². The summed E-state index contributed by atoms with van der Waals surface area (Å²) < 4.78 is 18.6. The summed E-state index contributed by atoms with van der Waals surface area (Å²) in [4.78, 5) is 4.27. The number of hydrogen-bond donors (Lipinski definition) is 1. The van der Waals surface area contributed by atoms with Gasteiger partial charge in [0.2, 0.25) is 0 Å². The number of benzene rings is 1. The van der Waals surface area contributed by atoms with Crippen LogP contribution in [0, 0.1) is 5.82 Å². The molecule has 3 nitrogen and oxygen atoms in total. The zero-order valence-corrected chi connectivity index (χ0v) is 9.56. The smallest absolute Gasteiger partial charge is 0.153 e. The van der Waals surface area contributed by atoms with Gasteiger partial charge in [-0.2, -0.15) is 0 Å². The van der Waals surface area contributed by atoms with Crippen LogP contribution in [0.25, 0.3) is 22.4 Å². The molecule has 3 rings (SSSR count). The third-order valence-electron chi connectivity index (χ3n) is 2.80. The summed E-state index contributed by atoms with van der Waals surface area (Å²) in [5, 5.41) is 0.858. The number of nitrogens with zero attached hydrogens (tertiary/aromatic N) is 1. The highest BCUT2D eigenvalue weighted by atomic mass is 19.1. The minimum Gasteiger partial charge on any atom is -0.454 e. The summed E-state index contributed by atoms with van der Waals surface area (Å²) in [6.07, 6.45) is 1.71. The molecule has 0 radical (unpaired) electrons. The molecule has 0 unspecified atom stereocenters. The van der Waals surface area contributed by atoms with E-state index >= 15 is 0 Å². The van der Waals surface area contributed by atoms with Gasteiger partial charge in [0, 0.05) is 24.2 Å². The average molecular weight is 242 g/mol. The summed E-state index contributed by atoms with van der Waals surface area (Å²) >= 11 is 0. The van der Waals surface area contributed by atoms with Crippen LogP contribution in [0.2, 0.25) is 0 Å². The van der Waals surface area contributed by atoms with Crippen molar-refractivity contribution in [3.63, 3.8) is 0 Å². The Kier molecular flexibility index (Phi) is 2.57. The van der Waals surface area contributed by atoms with Crippen molar-refractivity contribution < 1.29 is 8.81 Å². The molecule has 3 aromatic rings. The first-order valence-corrected chi connectivity index (χ1v) is 5.61. The first kappa shape index (κ1) is 10.9. The van der Waals surface area contributed by atoms with Gasteiger partial charge in [-0.3, -0.25) is 4.98 Å². The highest BCUT2D eigenvalue weighted by Gasteiger charge is 2.07. The van der Waals surface area contributed by atoms with E-state index in [1.165, 1.54) is 12.1 Å². The van der Waals surface area contributed by atoms with Gasteiger partial charge in [-0.1, -0.05) is 6.07 Å². The maximum atomic E-state index is 13.1. The number of rotatable bonds is 2. The second-order valence-electron chi connectivity index (χ2n) is 4.05. The van der Waals surface area contributed by atoms with E-state index in [0.717, 1.165) is 10.9 Å². The standard InChI is InChI=1S/C14H11FN2O/c15-11-3-2-10-5-14(18-13(10)6-11)12-4-1-9(7-16)8-17-12/h1-6,8H,7,16H2. The molecule has 0 bridgehead atoms. The van der Waals surface area contributed by atoms with E-state index in [2.05, 4.69) is 4.98 Å². The molecule has 2 aromatic heterocycles. The molecular weight excluding hydrogens is 231 g/mol. The maximum absolute atomic E-state index is 13.1. The van der Waals surface area contributed by atoms with Crippen LogP contribution in [0.4, 0.5) is 4.39 Å². The van der Waals surface area contributed by atoms with Crippen LogP contribution in [-0.2, 0) is 6.54 Å². The predicted octanol–water partition coefficient (Wildman–Crippen LogP) is 3.09. The van der Waals surface area contributed by atoms with Gasteiger partial charge >= 0.3 is 0 Å². The molecule has 0 fully saturated rings. The van der Waals surface area contributed by atoms with Crippen LogP contribution < -0.4 is 5.73 Å². The Labute approximate surface area is 103 Å². The lowest BCUT2D eigenvalue weighted by Crippen LogP contribution is -1.96. The van der Waals surface area contributed by atoms with Gasteiger partial charge in [0.05, 0.1) is 0 Å². The van der Waals surface area contributed by atoms with Gasteiger partial charge in [0.15, 0.2) is 5.76 Å². The van der Waals surface area contributed by atoms with Gasteiger partial charge in [0.25, 0.3) is 0 Å². The average Bonchev–Trinajstić information content (AvgIpc) is 2.81. The van der Waals surface area contributed by atoms with Gasteiger partial charge in [0.1, 0.15) is 17.1 Å². The molecule has 0 saturated carbocycles. The lowest BCUT2D eigenvalue weighted by molar-refractivity contribution is 0.606. The fourth-order valence-electron chi connectivity index (χ4n) is 1.82. The van der Waals surface area contributed by atoms with E-state index in [4.69, 9.17) is 10.2 Å². The molecule has 0 spiro atoms. The van der Waals surface area contributed by atoms with Crippen molar-refractivity contribution in [3.8, 4) is 11.5 Å². The first-order valence-electron chi connectivity index (χ1n) is 5.61. The number of aromatic nitrogens is 1. The molecule has 0 amide bonds. The fourth-order valence-corrected chi connectivity index (χ4v) is 1.82. The van der Waals surface area contributed by atoms with Crippen molar-refractivity contribution >= 4 is 11.0 Å². The van der Waals surface area contributed by atoms with Crippen molar-refractivity contribution in [2.75, 3.05) is 0 Å². The number of pyridine rings is 1. The number of nitrogens with two attached hydrogens (primary N) is 1. The van der Waals surface area contributed by atoms with E-state index in [1.54, 1.807) is 12.3 Å². The number of fused-ring (bicyclic) bond motifs is 1. The summed E-state index contributed by atoms with van der Waals surface area (Å²) in [5.74, 6) is 0.314. The summed E-state index contributed by atoms with van der Waals surface area (Å²) in [6, 6.07) is 10.1. The Morgan fingerprint density at radius 2 is 2.06 bits per heavy atom. The second-order valence-corrected chi connectivity index (χ2v) is 4.05. The molecule has 0 aliphatic heterocycles.